The van der Waals surface area contributed by atoms with Crippen LogP contribution in [0.1, 0.15) is 51.0 Å². The zero-order valence-electron chi connectivity index (χ0n) is 21.8. The first-order chi connectivity index (χ1) is 15.5. The minimum Gasteiger partial charge on any atom is -0.437 e. The summed E-state index contributed by atoms with van der Waals surface area (Å²) in [5.74, 6) is 0. The van der Waals surface area contributed by atoms with E-state index in [4.69, 9.17) is 13.5 Å². The van der Waals surface area contributed by atoms with Crippen molar-refractivity contribution in [2.75, 3.05) is 0 Å². The van der Waals surface area contributed by atoms with Crippen molar-refractivity contribution >= 4 is 30.4 Å². The van der Waals surface area contributed by atoms with E-state index in [1.807, 2.05) is 24.3 Å². The molecule has 2 rings (SSSR count). The lowest BCUT2D eigenvalue weighted by molar-refractivity contribution is 0.393. The molecule has 0 aliphatic heterocycles. The molecule has 0 atom stereocenters. The second kappa shape index (κ2) is 12.3. The van der Waals surface area contributed by atoms with Crippen molar-refractivity contribution < 1.29 is 8.23 Å². The van der Waals surface area contributed by atoms with Gasteiger partial charge in [-0.3, -0.25) is 0 Å². The van der Waals surface area contributed by atoms with E-state index < -0.39 is 25.2 Å². The Bertz CT molecular complexity index is 900. The average molecular weight is 498 g/mol. The summed E-state index contributed by atoms with van der Waals surface area (Å²) in [5, 5.41) is 10.3. The summed E-state index contributed by atoms with van der Waals surface area (Å²) in [4.78, 5) is 0. The molecule has 0 saturated carbocycles. The van der Waals surface area contributed by atoms with E-state index in [1.165, 1.54) is 49.8 Å². The number of benzene rings is 2. The summed E-state index contributed by atoms with van der Waals surface area (Å²) in [7, 11) is -6.06. The molecule has 0 unspecified atom stereocenters. The maximum Gasteiger partial charge on any atom is 0.311 e. The molecule has 0 bridgehead atoms. The zero-order chi connectivity index (χ0) is 24.5. The Morgan fingerprint density at radius 3 is 1.76 bits per heavy atom. The van der Waals surface area contributed by atoms with Crippen molar-refractivity contribution in [3.63, 3.8) is 0 Å². The molecular weight excluding hydrogens is 455 g/mol. The minimum atomic E-state index is -2.23. The molecule has 0 saturated heterocycles. The lowest BCUT2D eigenvalue weighted by atomic mass is 10.0. The van der Waals surface area contributed by atoms with Gasteiger partial charge < -0.3 is 8.23 Å². The lowest BCUT2D eigenvalue weighted by Crippen LogP contribution is -2.56. The molecule has 0 amide bonds. The third-order valence-electron chi connectivity index (χ3n) is 6.08. The topological polar surface area (TPSA) is 42.2 Å². The molecule has 2 aromatic rings. The van der Waals surface area contributed by atoms with E-state index in [0.29, 0.717) is 5.56 Å². The van der Waals surface area contributed by atoms with Crippen LogP contribution in [0.4, 0.5) is 0 Å². The highest BCUT2D eigenvalue weighted by atomic mass is 28.5. The molecular formula is C27H43NO2Si3. The van der Waals surface area contributed by atoms with E-state index >= 15 is 0 Å². The fourth-order valence-electron chi connectivity index (χ4n) is 4.54. The Balaban J connectivity index is 1.97. The highest BCUT2D eigenvalue weighted by Crippen LogP contribution is 2.26. The monoisotopic (exact) mass is 497 g/mol. The molecule has 3 nitrogen and oxygen atoms in total. The van der Waals surface area contributed by atoms with E-state index in [0.717, 1.165) is 11.1 Å². The van der Waals surface area contributed by atoms with Gasteiger partial charge in [0.2, 0.25) is 8.32 Å². The van der Waals surface area contributed by atoms with Crippen LogP contribution in [-0.2, 0) is 8.23 Å². The largest absolute Gasteiger partial charge is 0.437 e. The molecule has 0 fully saturated rings. The minimum absolute atomic E-state index is 0.687. The van der Waals surface area contributed by atoms with E-state index in [9.17, 15) is 0 Å². The maximum atomic E-state index is 9.01. The predicted molar refractivity (Wildman–Crippen MR) is 149 cm³/mol. The normalized spacial score (nSPS) is 12.5. The van der Waals surface area contributed by atoms with Crippen LogP contribution >= 0.6 is 0 Å². The van der Waals surface area contributed by atoms with Crippen molar-refractivity contribution in [2.24, 2.45) is 0 Å². The molecule has 0 spiro atoms. The van der Waals surface area contributed by atoms with E-state index in [1.54, 1.807) is 0 Å². The first-order valence-corrected chi connectivity index (χ1v) is 21.3. The quantitative estimate of drug-likeness (QED) is 0.208. The Hall–Kier alpha value is -1.50. The van der Waals surface area contributed by atoms with Gasteiger partial charge in [-0.1, -0.05) is 81.8 Å². The summed E-state index contributed by atoms with van der Waals surface area (Å²) in [6, 6.07) is 19.9. The molecule has 0 aliphatic rings. The van der Waals surface area contributed by atoms with Crippen molar-refractivity contribution in [3.05, 3.63) is 54.1 Å². The number of hydrogen-bond donors (Lipinski definition) is 0. The second-order valence-corrected chi connectivity index (χ2v) is 22.7. The predicted octanol–water partition coefficient (Wildman–Crippen LogP) is 7.94. The highest BCUT2D eigenvalue weighted by molar-refractivity contribution is 6.93. The van der Waals surface area contributed by atoms with Crippen LogP contribution < -0.4 is 5.19 Å². The summed E-state index contributed by atoms with van der Waals surface area (Å²) >= 11 is 0. The third-order valence-corrected chi connectivity index (χ3v) is 17.5. The molecule has 0 N–H and O–H groups in total. The first-order valence-electron chi connectivity index (χ1n) is 12.5. The van der Waals surface area contributed by atoms with Gasteiger partial charge in [0.05, 0.1) is 11.6 Å². The van der Waals surface area contributed by atoms with Crippen molar-refractivity contribution in [3.8, 4) is 17.2 Å². The van der Waals surface area contributed by atoms with Crippen LogP contribution in [0.3, 0.4) is 0 Å². The Morgan fingerprint density at radius 2 is 1.21 bits per heavy atom. The smallest absolute Gasteiger partial charge is 0.311 e. The van der Waals surface area contributed by atoms with Crippen LogP contribution in [0.2, 0.25) is 45.3 Å². The number of nitriles is 1. The molecule has 33 heavy (non-hydrogen) atoms. The van der Waals surface area contributed by atoms with Crippen LogP contribution in [0.5, 0.6) is 0 Å². The number of nitrogens with zero attached hydrogens (tertiary/aromatic N) is 1. The number of hydrogen-bond acceptors (Lipinski definition) is 3. The molecule has 0 heterocycles. The van der Waals surface area contributed by atoms with Gasteiger partial charge in [0, 0.05) is 0 Å². The SMILES string of the molecule is CCCCCCCC[Si](C)(C)O[Si](C)(C)O[Si](C)(C)c1ccc(-c2ccc(C#N)cc2)cc1. The van der Waals surface area contributed by atoms with Crippen molar-refractivity contribution in [1.29, 1.82) is 5.26 Å². The maximum absolute atomic E-state index is 9.01. The van der Waals surface area contributed by atoms with Gasteiger partial charge in [-0.15, -0.1) is 0 Å². The van der Waals surface area contributed by atoms with Crippen LogP contribution in [0, 0.1) is 11.3 Å². The van der Waals surface area contributed by atoms with E-state index in [-0.39, 0.29) is 0 Å². The third kappa shape index (κ3) is 9.34. The molecule has 6 heteroatoms. The summed E-state index contributed by atoms with van der Waals surface area (Å²) < 4.78 is 13.6. The molecule has 0 radical (unpaired) electrons. The van der Waals surface area contributed by atoms with Gasteiger partial charge in [0.1, 0.15) is 0 Å². The van der Waals surface area contributed by atoms with Crippen LogP contribution in [0.25, 0.3) is 11.1 Å². The summed E-state index contributed by atoms with van der Waals surface area (Å²) in [6.45, 7) is 16.0. The standard InChI is InChI=1S/C27H43NO2Si3/c1-8-9-10-11-12-13-22-31(2,3)29-33(6,7)30-32(4,5)27-20-18-26(19-21-27)25-16-14-24(23-28)15-17-25/h14-21H,8-13,22H2,1-7H3. The molecule has 0 aliphatic carbocycles. The van der Waals surface area contributed by atoms with E-state index in [2.05, 4.69) is 76.5 Å². The van der Waals surface area contributed by atoms with Gasteiger partial charge in [0.25, 0.3) is 0 Å². The molecule has 0 aromatic heterocycles. The van der Waals surface area contributed by atoms with Gasteiger partial charge in [-0.2, -0.15) is 5.26 Å². The first kappa shape index (κ1) is 27.7. The van der Waals surface area contributed by atoms with Gasteiger partial charge in [-0.05, 0) is 73.8 Å². The Labute approximate surface area is 205 Å². The molecule has 180 valence electrons. The summed E-state index contributed by atoms with van der Waals surface area (Å²) in [5.41, 5.74) is 2.97. The van der Waals surface area contributed by atoms with Crippen LogP contribution in [-0.4, -0.2) is 25.2 Å². The van der Waals surface area contributed by atoms with Gasteiger partial charge in [-0.25, -0.2) is 0 Å². The highest BCUT2D eigenvalue weighted by Gasteiger charge is 2.40. The van der Waals surface area contributed by atoms with Crippen molar-refractivity contribution in [1.82, 2.24) is 0 Å². The number of rotatable bonds is 13. The Morgan fingerprint density at radius 1 is 0.697 bits per heavy atom. The zero-order valence-corrected chi connectivity index (χ0v) is 24.8. The Kier molecular flexibility index (Phi) is 10.3. The second-order valence-electron chi connectivity index (χ2n) is 10.7. The molecule has 2 aromatic carbocycles. The van der Waals surface area contributed by atoms with Crippen LogP contribution in [0.15, 0.2) is 48.5 Å². The summed E-state index contributed by atoms with van der Waals surface area (Å²) in [6.07, 6.45) is 8.00. The van der Waals surface area contributed by atoms with Crippen molar-refractivity contribution in [2.45, 2.75) is 90.8 Å². The average Bonchev–Trinajstić information content (AvgIpc) is 2.74. The fraction of sp³-hybridized carbons (Fsp3) is 0.519. The lowest BCUT2D eigenvalue weighted by Gasteiger charge is -2.39. The van der Waals surface area contributed by atoms with Gasteiger partial charge in [0.15, 0.2) is 8.32 Å². The number of unbranched alkanes of at least 4 members (excludes halogenated alkanes) is 5. The fourth-order valence-corrected chi connectivity index (χ4v) is 18.3. The van der Waals surface area contributed by atoms with Gasteiger partial charge >= 0.3 is 8.56 Å².